The average Bonchev–Trinajstić information content (AvgIpc) is 3.47. The molecule has 0 aliphatic heterocycles. The second-order valence-electron chi connectivity index (χ2n) is 8.45. The number of nitrogen functional groups attached to an aromatic ring is 1. The fourth-order valence-corrected chi connectivity index (χ4v) is 4.96. The molecular formula is C26H22FN5O4S. The van der Waals surface area contributed by atoms with Crippen LogP contribution in [0.15, 0.2) is 76.1 Å². The zero-order valence-electron chi connectivity index (χ0n) is 19.9. The van der Waals surface area contributed by atoms with E-state index in [1.807, 2.05) is 6.92 Å². The number of hydrogen-bond donors (Lipinski definition) is 2. The summed E-state index contributed by atoms with van der Waals surface area (Å²) < 4.78 is 46.1. The predicted octanol–water partition coefficient (Wildman–Crippen LogP) is 4.62. The Balaban J connectivity index is 1.48. The van der Waals surface area contributed by atoms with Crippen molar-refractivity contribution < 1.29 is 22.1 Å². The van der Waals surface area contributed by atoms with Gasteiger partial charge in [0.25, 0.3) is 5.91 Å². The molecule has 0 spiro atoms. The van der Waals surface area contributed by atoms with Crippen LogP contribution in [0.3, 0.4) is 0 Å². The average molecular weight is 520 g/mol. The van der Waals surface area contributed by atoms with E-state index in [0.717, 1.165) is 12.3 Å². The SMILES string of the molecule is CCc1cc(C(=O)Nc2ccc(-c3ccccc3S(C)(=O)=O)c(F)c2)n(-c2ccc3onc(N)c3c2)n1. The number of carbonyl (C=O) groups is 1. The molecule has 1 amide bonds. The minimum atomic E-state index is -3.57. The van der Waals surface area contributed by atoms with Crippen LogP contribution in [0.25, 0.3) is 27.8 Å². The Morgan fingerprint density at radius 3 is 2.59 bits per heavy atom. The number of carbonyl (C=O) groups excluding carboxylic acids is 1. The van der Waals surface area contributed by atoms with Crippen molar-refractivity contribution in [1.82, 2.24) is 14.9 Å². The number of halogens is 1. The lowest BCUT2D eigenvalue weighted by atomic mass is 10.0. The van der Waals surface area contributed by atoms with E-state index in [2.05, 4.69) is 15.6 Å². The number of nitrogens with two attached hydrogens (primary N) is 1. The van der Waals surface area contributed by atoms with Crippen LogP contribution in [0.4, 0.5) is 15.9 Å². The molecule has 0 saturated carbocycles. The van der Waals surface area contributed by atoms with Gasteiger partial charge >= 0.3 is 0 Å². The van der Waals surface area contributed by atoms with E-state index in [-0.39, 0.29) is 33.2 Å². The summed E-state index contributed by atoms with van der Waals surface area (Å²) in [5.74, 6) is -0.960. The molecule has 5 aromatic rings. The lowest BCUT2D eigenvalue weighted by molar-refractivity contribution is 0.101. The molecule has 2 heterocycles. The lowest BCUT2D eigenvalue weighted by Crippen LogP contribution is -2.17. The molecule has 3 aromatic carbocycles. The summed E-state index contributed by atoms with van der Waals surface area (Å²) >= 11 is 0. The maximum Gasteiger partial charge on any atom is 0.274 e. The third-order valence-corrected chi connectivity index (χ3v) is 7.04. The normalized spacial score (nSPS) is 11.6. The second kappa shape index (κ2) is 9.17. The Morgan fingerprint density at radius 2 is 1.86 bits per heavy atom. The molecule has 0 aliphatic carbocycles. The summed E-state index contributed by atoms with van der Waals surface area (Å²) in [6, 6.07) is 17.1. The van der Waals surface area contributed by atoms with Crippen LogP contribution in [0.1, 0.15) is 23.1 Å². The van der Waals surface area contributed by atoms with Gasteiger partial charge in [0.05, 0.1) is 21.7 Å². The summed E-state index contributed by atoms with van der Waals surface area (Å²) in [5.41, 5.74) is 8.42. The summed E-state index contributed by atoms with van der Waals surface area (Å²) in [5, 5.41) is 11.6. The maximum absolute atomic E-state index is 15.1. The highest BCUT2D eigenvalue weighted by molar-refractivity contribution is 7.90. The van der Waals surface area contributed by atoms with Crippen molar-refractivity contribution in [2.24, 2.45) is 0 Å². The molecule has 5 rings (SSSR count). The van der Waals surface area contributed by atoms with Crippen LogP contribution < -0.4 is 11.1 Å². The number of anilines is 2. The van der Waals surface area contributed by atoms with E-state index in [0.29, 0.717) is 28.8 Å². The molecule has 0 saturated heterocycles. The van der Waals surface area contributed by atoms with Crippen LogP contribution in [0.5, 0.6) is 0 Å². The number of amides is 1. The number of nitrogens with one attached hydrogen (secondary N) is 1. The molecule has 2 aromatic heterocycles. The number of sulfone groups is 1. The van der Waals surface area contributed by atoms with E-state index >= 15 is 4.39 Å². The fraction of sp³-hybridized carbons (Fsp3) is 0.115. The number of aryl methyl sites for hydroxylation is 1. The highest BCUT2D eigenvalue weighted by Gasteiger charge is 2.20. The molecule has 9 nitrogen and oxygen atoms in total. The Bertz CT molecular complexity index is 1780. The quantitative estimate of drug-likeness (QED) is 0.334. The van der Waals surface area contributed by atoms with Gasteiger partial charge in [0.2, 0.25) is 0 Å². The van der Waals surface area contributed by atoms with Crippen LogP contribution in [-0.4, -0.2) is 35.5 Å². The maximum atomic E-state index is 15.1. The van der Waals surface area contributed by atoms with Gasteiger partial charge in [-0.05, 0) is 55.0 Å². The van der Waals surface area contributed by atoms with Crippen molar-refractivity contribution >= 4 is 38.2 Å². The number of hydrogen-bond acceptors (Lipinski definition) is 7. The van der Waals surface area contributed by atoms with Crippen molar-refractivity contribution in [1.29, 1.82) is 0 Å². The van der Waals surface area contributed by atoms with Gasteiger partial charge < -0.3 is 15.6 Å². The minimum Gasteiger partial charge on any atom is -0.380 e. The first kappa shape index (κ1) is 24.2. The molecule has 0 atom stereocenters. The first-order valence-electron chi connectivity index (χ1n) is 11.3. The number of fused-ring (bicyclic) bond motifs is 1. The van der Waals surface area contributed by atoms with Crippen molar-refractivity contribution in [2.75, 3.05) is 17.3 Å². The summed E-state index contributed by atoms with van der Waals surface area (Å²) in [6.07, 6.45) is 1.66. The third-order valence-electron chi connectivity index (χ3n) is 5.88. The third kappa shape index (κ3) is 4.56. The van der Waals surface area contributed by atoms with Crippen LogP contribution in [0, 0.1) is 5.82 Å². The first-order chi connectivity index (χ1) is 17.7. The van der Waals surface area contributed by atoms with Gasteiger partial charge in [-0.15, -0.1) is 0 Å². The van der Waals surface area contributed by atoms with E-state index in [4.69, 9.17) is 10.3 Å². The summed E-state index contributed by atoms with van der Waals surface area (Å²) in [4.78, 5) is 13.3. The molecule has 3 N–H and O–H groups in total. The molecule has 0 aliphatic rings. The van der Waals surface area contributed by atoms with Gasteiger partial charge in [-0.3, -0.25) is 4.79 Å². The highest BCUT2D eigenvalue weighted by Crippen LogP contribution is 2.31. The molecule has 11 heteroatoms. The molecule has 188 valence electrons. The van der Waals surface area contributed by atoms with Gasteiger partial charge in [-0.1, -0.05) is 30.3 Å². The number of rotatable bonds is 6. The topological polar surface area (TPSA) is 133 Å². The fourth-order valence-electron chi connectivity index (χ4n) is 4.06. The molecule has 0 bridgehead atoms. The minimum absolute atomic E-state index is 0.0205. The highest BCUT2D eigenvalue weighted by atomic mass is 32.2. The molecular weight excluding hydrogens is 497 g/mol. The number of aromatic nitrogens is 3. The molecule has 37 heavy (non-hydrogen) atoms. The number of benzene rings is 3. The van der Waals surface area contributed by atoms with Crippen LogP contribution in [-0.2, 0) is 16.3 Å². The smallest absolute Gasteiger partial charge is 0.274 e. The van der Waals surface area contributed by atoms with Crippen molar-refractivity contribution in [2.45, 2.75) is 18.2 Å². The van der Waals surface area contributed by atoms with Gasteiger partial charge in [0.1, 0.15) is 11.5 Å². The van der Waals surface area contributed by atoms with Crippen LogP contribution >= 0.6 is 0 Å². The lowest BCUT2D eigenvalue weighted by Gasteiger charge is -2.12. The Kier molecular flexibility index (Phi) is 6.00. The van der Waals surface area contributed by atoms with E-state index in [1.54, 1.807) is 36.4 Å². The molecule has 0 fully saturated rings. The Hall–Kier alpha value is -4.51. The van der Waals surface area contributed by atoms with E-state index in [9.17, 15) is 13.2 Å². The standard InChI is InChI=1S/C26H22FN5O4S/c1-3-15-13-22(32(30-15)17-9-11-23-20(14-17)25(28)31-36-23)26(33)29-16-8-10-18(21(27)12-16)19-6-4-5-7-24(19)37(2,34)35/h4-14H,3H2,1-2H3,(H2,28,31)(H,29,33). The summed E-state index contributed by atoms with van der Waals surface area (Å²) in [7, 11) is -3.57. The molecule has 0 radical (unpaired) electrons. The number of nitrogens with zero attached hydrogens (tertiary/aromatic N) is 3. The second-order valence-corrected chi connectivity index (χ2v) is 10.4. The van der Waals surface area contributed by atoms with Crippen molar-refractivity contribution in [3.8, 4) is 16.8 Å². The van der Waals surface area contributed by atoms with Crippen molar-refractivity contribution in [3.63, 3.8) is 0 Å². The van der Waals surface area contributed by atoms with Gasteiger partial charge in [-0.2, -0.15) is 5.10 Å². The van der Waals surface area contributed by atoms with Gasteiger partial charge in [-0.25, -0.2) is 17.5 Å². The van der Waals surface area contributed by atoms with E-state index < -0.39 is 21.6 Å². The zero-order chi connectivity index (χ0) is 26.3. The van der Waals surface area contributed by atoms with E-state index in [1.165, 1.54) is 28.9 Å². The van der Waals surface area contributed by atoms with Gasteiger partial charge in [0.15, 0.2) is 21.2 Å². The van der Waals surface area contributed by atoms with Gasteiger partial charge in [0, 0.05) is 23.1 Å². The van der Waals surface area contributed by atoms with Crippen molar-refractivity contribution in [3.05, 3.63) is 83.9 Å². The summed E-state index contributed by atoms with van der Waals surface area (Å²) in [6.45, 7) is 1.91. The Morgan fingerprint density at radius 1 is 1.08 bits per heavy atom. The zero-order valence-corrected chi connectivity index (χ0v) is 20.7. The largest absolute Gasteiger partial charge is 0.380 e. The first-order valence-corrected chi connectivity index (χ1v) is 13.2. The Labute approximate surface area is 211 Å². The predicted molar refractivity (Wildman–Crippen MR) is 138 cm³/mol. The van der Waals surface area contributed by atoms with Crippen LogP contribution in [0.2, 0.25) is 0 Å². The molecule has 0 unspecified atom stereocenters. The monoisotopic (exact) mass is 519 g/mol.